The predicted molar refractivity (Wildman–Crippen MR) is 65.7 cm³/mol. The first kappa shape index (κ1) is 13.0. The van der Waals surface area contributed by atoms with Gasteiger partial charge in [-0.15, -0.1) is 0 Å². The SMILES string of the molecule is Cc1ccc(NC(=O)CN2CC(CF)C2)cc1F. The molecule has 18 heavy (non-hydrogen) atoms. The first-order valence-corrected chi connectivity index (χ1v) is 5.93. The molecule has 0 atom stereocenters. The maximum atomic E-state index is 13.3. The Kier molecular flexibility index (Phi) is 3.91. The van der Waals surface area contributed by atoms with Gasteiger partial charge in [-0.1, -0.05) is 6.07 Å². The number of nitrogens with zero attached hydrogens (tertiary/aromatic N) is 1. The van der Waals surface area contributed by atoms with Gasteiger partial charge in [-0.05, 0) is 24.6 Å². The highest BCUT2D eigenvalue weighted by atomic mass is 19.1. The Bertz CT molecular complexity index is 445. The zero-order chi connectivity index (χ0) is 13.1. The molecule has 1 aromatic rings. The van der Waals surface area contributed by atoms with Gasteiger partial charge in [-0.2, -0.15) is 0 Å². The number of likely N-dealkylation sites (tertiary alicyclic amines) is 1. The molecule has 1 aliphatic rings. The number of hydrogen-bond donors (Lipinski definition) is 1. The summed E-state index contributed by atoms with van der Waals surface area (Å²) in [5.74, 6) is -0.473. The van der Waals surface area contributed by atoms with E-state index in [2.05, 4.69) is 5.32 Å². The van der Waals surface area contributed by atoms with Gasteiger partial charge in [0.05, 0.1) is 13.2 Å². The van der Waals surface area contributed by atoms with Crippen LogP contribution in [-0.4, -0.2) is 37.1 Å². The number of benzene rings is 1. The number of amides is 1. The number of nitrogens with one attached hydrogen (secondary N) is 1. The summed E-state index contributed by atoms with van der Waals surface area (Å²) in [4.78, 5) is 13.5. The van der Waals surface area contributed by atoms with Gasteiger partial charge in [0.15, 0.2) is 0 Å². The summed E-state index contributed by atoms with van der Waals surface area (Å²) < 4.78 is 25.5. The number of carbonyl (C=O) groups excluding carboxylic acids is 1. The summed E-state index contributed by atoms with van der Waals surface area (Å²) in [5, 5.41) is 2.63. The average Bonchev–Trinajstić information content (AvgIpc) is 2.28. The Morgan fingerprint density at radius 3 is 2.83 bits per heavy atom. The molecule has 0 radical (unpaired) electrons. The molecule has 0 unspecified atom stereocenters. The lowest BCUT2D eigenvalue weighted by Crippen LogP contribution is -2.50. The average molecular weight is 254 g/mol. The fourth-order valence-corrected chi connectivity index (χ4v) is 1.98. The van der Waals surface area contributed by atoms with Crippen LogP contribution in [0.5, 0.6) is 0 Å². The van der Waals surface area contributed by atoms with Gasteiger partial charge in [0.25, 0.3) is 0 Å². The Balaban J connectivity index is 1.82. The van der Waals surface area contributed by atoms with Crippen LogP contribution in [-0.2, 0) is 4.79 Å². The molecule has 1 amide bonds. The Hall–Kier alpha value is -1.49. The van der Waals surface area contributed by atoms with E-state index < -0.39 is 0 Å². The van der Waals surface area contributed by atoms with Crippen molar-refractivity contribution in [3.63, 3.8) is 0 Å². The Morgan fingerprint density at radius 2 is 2.22 bits per heavy atom. The molecular formula is C13H16F2N2O. The Morgan fingerprint density at radius 1 is 1.50 bits per heavy atom. The lowest BCUT2D eigenvalue weighted by atomic mass is 10.0. The minimum Gasteiger partial charge on any atom is -0.325 e. The van der Waals surface area contributed by atoms with Crippen molar-refractivity contribution in [1.29, 1.82) is 0 Å². The second-order valence-corrected chi connectivity index (χ2v) is 4.73. The number of carbonyl (C=O) groups is 1. The van der Waals surface area contributed by atoms with Gasteiger partial charge < -0.3 is 5.32 Å². The molecule has 0 spiro atoms. The van der Waals surface area contributed by atoms with Crippen LogP contribution >= 0.6 is 0 Å². The molecule has 1 aromatic carbocycles. The van der Waals surface area contributed by atoms with Gasteiger partial charge in [0.1, 0.15) is 5.82 Å². The minimum atomic E-state index is -0.339. The van der Waals surface area contributed by atoms with Crippen molar-refractivity contribution in [3.8, 4) is 0 Å². The summed E-state index contributed by atoms with van der Waals surface area (Å²) in [7, 11) is 0. The highest BCUT2D eigenvalue weighted by molar-refractivity contribution is 5.92. The second kappa shape index (κ2) is 5.44. The van der Waals surface area contributed by atoms with Gasteiger partial charge >= 0.3 is 0 Å². The van der Waals surface area contributed by atoms with E-state index in [0.29, 0.717) is 24.3 Å². The van der Waals surface area contributed by atoms with Gasteiger partial charge in [-0.3, -0.25) is 14.1 Å². The van der Waals surface area contributed by atoms with E-state index in [4.69, 9.17) is 0 Å². The van der Waals surface area contributed by atoms with Crippen LogP contribution in [0.4, 0.5) is 14.5 Å². The van der Waals surface area contributed by atoms with Crippen molar-refractivity contribution >= 4 is 11.6 Å². The summed E-state index contributed by atoms with van der Waals surface area (Å²) in [6, 6.07) is 4.58. The molecule has 0 aliphatic carbocycles. The number of rotatable bonds is 4. The first-order valence-electron chi connectivity index (χ1n) is 5.93. The molecule has 1 fully saturated rings. The third kappa shape index (κ3) is 3.04. The van der Waals surface area contributed by atoms with Crippen LogP contribution in [0.3, 0.4) is 0 Å². The molecule has 0 saturated carbocycles. The number of anilines is 1. The van der Waals surface area contributed by atoms with Crippen molar-refractivity contribution in [2.45, 2.75) is 6.92 Å². The van der Waals surface area contributed by atoms with Crippen molar-refractivity contribution in [2.24, 2.45) is 5.92 Å². The molecule has 2 rings (SSSR count). The van der Waals surface area contributed by atoms with Crippen LogP contribution in [0, 0.1) is 18.7 Å². The standard InChI is InChI=1S/C13H16F2N2O/c1-9-2-3-11(4-12(9)15)16-13(18)8-17-6-10(5-14)7-17/h2-4,10H,5-8H2,1H3,(H,16,18). The molecule has 1 aliphatic heterocycles. The van der Waals surface area contributed by atoms with E-state index in [1.807, 2.05) is 4.90 Å². The van der Waals surface area contributed by atoms with Crippen LogP contribution < -0.4 is 5.32 Å². The summed E-state index contributed by atoms with van der Waals surface area (Å²) in [5.41, 5.74) is 0.993. The Labute approximate surface area is 105 Å². The van der Waals surface area contributed by atoms with Crippen LogP contribution in [0.25, 0.3) is 0 Å². The first-order chi connectivity index (χ1) is 8.58. The summed E-state index contributed by atoms with van der Waals surface area (Å²) in [6.07, 6.45) is 0. The molecule has 98 valence electrons. The summed E-state index contributed by atoms with van der Waals surface area (Å²) in [6.45, 7) is 2.80. The molecule has 3 nitrogen and oxygen atoms in total. The fourth-order valence-electron chi connectivity index (χ4n) is 1.98. The van der Waals surface area contributed by atoms with Crippen molar-refractivity contribution in [1.82, 2.24) is 4.90 Å². The van der Waals surface area contributed by atoms with Gasteiger partial charge in [0, 0.05) is 24.7 Å². The molecular weight excluding hydrogens is 238 g/mol. The van der Waals surface area contributed by atoms with E-state index in [1.165, 1.54) is 6.07 Å². The van der Waals surface area contributed by atoms with Crippen LogP contribution in [0.2, 0.25) is 0 Å². The topological polar surface area (TPSA) is 32.3 Å². The maximum absolute atomic E-state index is 13.3. The zero-order valence-corrected chi connectivity index (χ0v) is 10.2. The largest absolute Gasteiger partial charge is 0.325 e. The van der Waals surface area contributed by atoms with Crippen molar-refractivity contribution in [3.05, 3.63) is 29.6 Å². The van der Waals surface area contributed by atoms with Crippen LogP contribution in [0.15, 0.2) is 18.2 Å². The van der Waals surface area contributed by atoms with E-state index in [0.717, 1.165) is 0 Å². The highest BCUT2D eigenvalue weighted by Crippen LogP contribution is 2.16. The minimum absolute atomic E-state index is 0.0645. The quantitative estimate of drug-likeness (QED) is 0.891. The molecule has 0 aromatic heterocycles. The van der Waals surface area contributed by atoms with Gasteiger partial charge in [-0.25, -0.2) is 4.39 Å². The maximum Gasteiger partial charge on any atom is 0.238 e. The third-order valence-electron chi connectivity index (χ3n) is 3.07. The lowest BCUT2D eigenvalue weighted by molar-refractivity contribution is -0.119. The molecule has 1 heterocycles. The van der Waals surface area contributed by atoms with E-state index >= 15 is 0 Å². The van der Waals surface area contributed by atoms with E-state index in [9.17, 15) is 13.6 Å². The lowest BCUT2D eigenvalue weighted by Gasteiger charge is -2.37. The summed E-state index contributed by atoms with van der Waals surface area (Å²) >= 11 is 0. The predicted octanol–water partition coefficient (Wildman–Crippen LogP) is 1.97. The van der Waals surface area contributed by atoms with Crippen molar-refractivity contribution in [2.75, 3.05) is 31.6 Å². The number of halogens is 2. The highest BCUT2D eigenvalue weighted by Gasteiger charge is 2.27. The van der Waals surface area contributed by atoms with E-state index in [1.54, 1.807) is 19.1 Å². The normalized spacial score (nSPS) is 16.4. The number of hydrogen-bond acceptors (Lipinski definition) is 2. The molecule has 1 N–H and O–H groups in total. The smallest absolute Gasteiger partial charge is 0.238 e. The monoisotopic (exact) mass is 254 g/mol. The molecule has 1 saturated heterocycles. The second-order valence-electron chi connectivity index (χ2n) is 4.73. The van der Waals surface area contributed by atoms with E-state index in [-0.39, 0.29) is 30.9 Å². The van der Waals surface area contributed by atoms with Crippen LogP contribution in [0.1, 0.15) is 5.56 Å². The van der Waals surface area contributed by atoms with Crippen molar-refractivity contribution < 1.29 is 13.6 Å². The number of aryl methyl sites for hydroxylation is 1. The zero-order valence-electron chi connectivity index (χ0n) is 10.2. The molecule has 5 heteroatoms. The third-order valence-corrected chi connectivity index (χ3v) is 3.07. The van der Waals surface area contributed by atoms with Gasteiger partial charge in [0.2, 0.25) is 5.91 Å². The fraction of sp³-hybridized carbons (Fsp3) is 0.462. The molecule has 0 bridgehead atoms. The number of alkyl halides is 1.